The maximum absolute atomic E-state index is 10.6. The minimum Gasteiger partial charge on any atom is -0.465 e. The van der Waals surface area contributed by atoms with E-state index in [-0.39, 0.29) is 18.6 Å². The van der Waals surface area contributed by atoms with Crippen LogP contribution in [0.3, 0.4) is 0 Å². The van der Waals surface area contributed by atoms with E-state index < -0.39 is 6.09 Å². The smallest absolute Gasteiger partial charge is 0.404 e. The average Bonchev–Trinajstić information content (AvgIpc) is 2.53. The number of carboxylic acid groups (broad SMARTS) is 1. The summed E-state index contributed by atoms with van der Waals surface area (Å²) in [7, 11) is 0. The Hall–Kier alpha value is -1.55. The number of aliphatic hydroxyl groups excluding tert-OH is 1. The molecule has 2 atom stereocenters. The van der Waals surface area contributed by atoms with Gasteiger partial charge in [0, 0.05) is 12.0 Å². The number of benzene rings is 1. The summed E-state index contributed by atoms with van der Waals surface area (Å²) < 4.78 is 0. The molecule has 0 unspecified atom stereocenters. The third-order valence-electron chi connectivity index (χ3n) is 2.89. The molecule has 80 valence electrons. The third-order valence-corrected chi connectivity index (χ3v) is 2.89. The fourth-order valence-corrected chi connectivity index (χ4v) is 2.21. The highest BCUT2D eigenvalue weighted by atomic mass is 16.4. The number of fused-ring (bicyclic) bond motifs is 1. The lowest BCUT2D eigenvalue weighted by atomic mass is 10.00. The van der Waals surface area contributed by atoms with Crippen molar-refractivity contribution in [2.24, 2.45) is 0 Å². The normalized spacial score (nSPS) is 23.5. The van der Waals surface area contributed by atoms with Gasteiger partial charge >= 0.3 is 6.09 Å². The zero-order valence-corrected chi connectivity index (χ0v) is 8.18. The van der Waals surface area contributed by atoms with Gasteiger partial charge in [-0.25, -0.2) is 4.79 Å². The first kappa shape index (κ1) is 9.98. The third kappa shape index (κ3) is 1.80. The average molecular weight is 207 g/mol. The van der Waals surface area contributed by atoms with Crippen LogP contribution in [0.15, 0.2) is 24.3 Å². The highest BCUT2D eigenvalue weighted by Gasteiger charge is 2.32. The summed E-state index contributed by atoms with van der Waals surface area (Å²) in [4.78, 5) is 10.6. The molecule has 15 heavy (non-hydrogen) atoms. The lowest BCUT2D eigenvalue weighted by Gasteiger charge is -2.17. The van der Waals surface area contributed by atoms with E-state index in [0.717, 1.165) is 11.1 Å². The fourth-order valence-electron chi connectivity index (χ4n) is 2.21. The Kier molecular flexibility index (Phi) is 2.60. The van der Waals surface area contributed by atoms with Gasteiger partial charge in [-0.1, -0.05) is 24.3 Å². The van der Waals surface area contributed by atoms with Gasteiger partial charge in [0.1, 0.15) is 0 Å². The van der Waals surface area contributed by atoms with Crippen molar-refractivity contribution in [3.05, 3.63) is 35.4 Å². The van der Waals surface area contributed by atoms with Crippen molar-refractivity contribution >= 4 is 6.09 Å². The Morgan fingerprint density at radius 2 is 2.20 bits per heavy atom. The molecule has 0 radical (unpaired) electrons. The largest absolute Gasteiger partial charge is 0.465 e. The summed E-state index contributed by atoms with van der Waals surface area (Å²) in [5.41, 5.74) is 2.18. The number of aliphatic hydroxyl groups is 1. The number of hydrogen-bond acceptors (Lipinski definition) is 2. The van der Waals surface area contributed by atoms with Crippen LogP contribution in [-0.4, -0.2) is 29.0 Å². The summed E-state index contributed by atoms with van der Waals surface area (Å²) in [5, 5.41) is 20.4. The molecule has 0 saturated carbocycles. The van der Waals surface area contributed by atoms with Crippen molar-refractivity contribution in [3.8, 4) is 0 Å². The van der Waals surface area contributed by atoms with E-state index in [0.29, 0.717) is 6.42 Å². The predicted molar refractivity (Wildman–Crippen MR) is 54.9 cm³/mol. The summed E-state index contributed by atoms with van der Waals surface area (Å²) in [5.74, 6) is -0.114. The lowest BCUT2D eigenvalue weighted by molar-refractivity contribution is 0.182. The minimum atomic E-state index is -1.04. The van der Waals surface area contributed by atoms with E-state index in [1.54, 1.807) is 0 Å². The van der Waals surface area contributed by atoms with Crippen molar-refractivity contribution < 1.29 is 15.0 Å². The van der Waals surface area contributed by atoms with Crippen LogP contribution in [0.2, 0.25) is 0 Å². The van der Waals surface area contributed by atoms with Crippen molar-refractivity contribution in [1.82, 2.24) is 5.32 Å². The van der Waals surface area contributed by atoms with Crippen LogP contribution in [0, 0.1) is 0 Å². The van der Waals surface area contributed by atoms with Crippen molar-refractivity contribution in [2.75, 3.05) is 6.61 Å². The molecule has 0 aliphatic heterocycles. The predicted octanol–water partition coefficient (Wildman–Crippen LogP) is 0.955. The molecule has 1 aliphatic rings. The van der Waals surface area contributed by atoms with E-state index in [1.807, 2.05) is 24.3 Å². The molecule has 0 aromatic heterocycles. The fraction of sp³-hybridized carbons (Fsp3) is 0.364. The van der Waals surface area contributed by atoms with Crippen LogP contribution in [0.25, 0.3) is 0 Å². The van der Waals surface area contributed by atoms with Gasteiger partial charge in [0.2, 0.25) is 0 Å². The molecule has 1 aliphatic carbocycles. The molecule has 1 aromatic carbocycles. The highest BCUT2D eigenvalue weighted by Crippen LogP contribution is 2.32. The molecule has 4 nitrogen and oxygen atoms in total. The van der Waals surface area contributed by atoms with Crippen LogP contribution in [0.5, 0.6) is 0 Å². The Morgan fingerprint density at radius 1 is 1.47 bits per heavy atom. The van der Waals surface area contributed by atoms with Crippen LogP contribution in [-0.2, 0) is 6.42 Å². The van der Waals surface area contributed by atoms with E-state index in [9.17, 15) is 9.90 Å². The van der Waals surface area contributed by atoms with Crippen LogP contribution < -0.4 is 5.32 Å². The monoisotopic (exact) mass is 207 g/mol. The van der Waals surface area contributed by atoms with Crippen molar-refractivity contribution in [3.63, 3.8) is 0 Å². The number of nitrogens with one attached hydrogen (secondary N) is 1. The van der Waals surface area contributed by atoms with Gasteiger partial charge in [-0.15, -0.1) is 0 Å². The molecule has 0 saturated heterocycles. The topological polar surface area (TPSA) is 69.6 Å². The molecule has 0 bridgehead atoms. The molecule has 0 heterocycles. The van der Waals surface area contributed by atoms with Gasteiger partial charge < -0.3 is 15.5 Å². The summed E-state index contributed by atoms with van der Waals surface area (Å²) >= 11 is 0. The standard InChI is InChI=1S/C11H13NO3/c13-6-9-8-4-2-1-3-7(8)5-10(9)12-11(14)15/h1-4,9-10,12-13H,5-6H2,(H,14,15)/t9-,10-/m1/s1. The number of amides is 1. The summed E-state index contributed by atoms with van der Waals surface area (Å²) in [6.45, 7) is -0.0258. The van der Waals surface area contributed by atoms with E-state index in [2.05, 4.69) is 5.32 Å². The lowest BCUT2D eigenvalue weighted by Crippen LogP contribution is -2.37. The van der Waals surface area contributed by atoms with E-state index in [1.165, 1.54) is 0 Å². The summed E-state index contributed by atoms with van der Waals surface area (Å²) in [6, 6.07) is 7.55. The maximum atomic E-state index is 10.6. The Morgan fingerprint density at radius 3 is 2.87 bits per heavy atom. The summed E-state index contributed by atoms with van der Waals surface area (Å²) in [6.07, 6.45) is -0.375. The van der Waals surface area contributed by atoms with Gasteiger partial charge in [-0.05, 0) is 17.5 Å². The second-order valence-electron chi connectivity index (χ2n) is 3.75. The molecule has 4 heteroatoms. The van der Waals surface area contributed by atoms with Gasteiger partial charge in [0.05, 0.1) is 6.61 Å². The molecule has 3 N–H and O–H groups in total. The SMILES string of the molecule is O=C(O)N[C@@H]1Cc2ccccc2[C@H]1CO. The van der Waals surface area contributed by atoms with Gasteiger partial charge in [-0.3, -0.25) is 0 Å². The molecule has 0 fully saturated rings. The number of hydrogen-bond donors (Lipinski definition) is 3. The van der Waals surface area contributed by atoms with Crippen molar-refractivity contribution in [2.45, 2.75) is 18.4 Å². The van der Waals surface area contributed by atoms with E-state index in [4.69, 9.17) is 5.11 Å². The maximum Gasteiger partial charge on any atom is 0.404 e. The molecule has 1 amide bonds. The molecule has 2 rings (SSSR count). The number of carbonyl (C=O) groups is 1. The molecular weight excluding hydrogens is 194 g/mol. The van der Waals surface area contributed by atoms with Crippen LogP contribution in [0.1, 0.15) is 17.0 Å². The minimum absolute atomic E-state index is 0.0258. The molecule has 0 spiro atoms. The highest BCUT2D eigenvalue weighted by molar-refractivity contribution is 5.65. The Balaban J connectivity index is 2.24. The first-order valence-electron chi connectivity index (χ1n) is 4.90. The van der Waals surface area contributed by atoms with Gasteiger partial charge in [-0.2, -0.15) is 0 Å². The van der Waals surface area contributed by atoms with Crippen LogP contribution in [0.4, 0.5) is 4.79 Å². The first-order chi connectivity index (χ1) is 7.22. The molecular formula is C11H13NO3. The zero-order valence-electron chi connectivity index (χ0n) is 8.18. The Labute approximate surface area is 87.6 Å². The van der Waals surface area contributed by atoms with Crippen molar-refractivity contribution in [1.29, 1.82) is 0 Å². The quantitative estimate of drug-likeness (QED) is 0.676. The van der Waals surface area contributed by atoms with E-state index >= 15 is 0 Å². The second-order valence-corrected chi connectivity index (χ2v) is 3.75. The molecule has 1 aromatic rings. The van der Waals surface area contributed by atoms with Gasteiger partial charge in [0.25, 0.3) is 0 Å². The van der Waals surface area contributed by atoms with Crippen LogP contribution >= 0.6 is 0 Å². The van der Waals surface area contributed by atoms with Gasteiger partial charge in [0.15, 0.2) is 0 Å². The Bertz CT molecular complexity index is 378. The zero-order chi connectivity index (χ0) is 10.8. The second kappa shape index (κ2) is 3.90. The number of rotatable bonds is 2. The first-order valence-corrected chi connectivity index (χ1v) is 4.90.